The molecule has 0 aromatic rings. The van der Waals surface area contributed by atoms with Gasteiger partial charge in [-0.3, -0.25) is 4.99 Å². The van der Waals surface area contributed by atoms with E-state index in [1.807, 2.05) is 11.8 Å². The summed E-state index contributed by atoms with van der Waals surface area (Å²) in [6, 6.07) is 0.481. The summed E-state index contributed by atoms with van der Waals surface area (Å²) in [5, 5.41) is 7.37. The van der Waals surface area contributed by atoms with Gasteiger partial charge in [0.2, 0.25) is 0 Å². The minimum Gasteiger partial charge on any atom is -0.357 e. The van der Waals surface area contributed by atoms with Crippen molar-refractivity contribution >= 4 is 17.7 Å². The summed E-state index contributed by atoms with van der Waals surface area (Å²) in [6.07, 6.45) is 4.58. The quantitative estimate of drug-likeness (QED) is 0.527. The lowest BCUT2D eigenvalue weighted by Crippen LogP contribution is -2.42. The van der Waals surface area contributed by atoms with Crippen molar-refractivity contribution in [3.8, 4) is 0 Å². The van der Waals surface area contributed by atoms with Crippen LogP contribution in [-0.4, -0.2) is 36.6 Å². The predicted octanol–water partition coefficient (Wildman–Crippen LogP) is 3.12. The van der Waals surface area contributed by atoms with Crippen molar-refractivity contribution in [2.45, 2.75) is 58.8 Å². The van der Waals surface area contributed by atoms with Gasteiger partial charge >= 0.3 is 0 Å². The molecule has 4 heteroatoms. The van der Waals surface area contributed by atoms with Gasteiger partial charge in [-0.1, -0.05) is 20.8 Å². The molecule has 108 valence electrons. The highest BCUT2D eigenvalue weighted by atomic mass is 32.2. The molecule has 0 aliphatic rings. The zero-order valence-corrected chi connectivity index (χ0v) is 13.7. The van der Waals surface area contributed by atoms with E-state index < -0.39 is 0 Å². The van der Waals surface area contributed by atoms with Crippen LogP contribution >= 0.6 is 11.8 Å². The molecule has 2 unspecified atom stereocenters. The molecule has 0 saturated carbocycles. The van der Waals surface area contributed by atoms with Gasteiger partial charge in [-0.2, -0.15) is 11.8 Å². The van der Waals surface area contributed by atoms with Gasteiger partial charge < -0.3 is 10.6 Å². The SMILES string of the molecule is CCNC(=NCC(C)SC)NC(C)CCC(C)C. The van der Waals surface area contributed by atoms with E-state index in [1.165, 1.54) is 12.8 Å². The van der Waals surface area contributed by atoms with E-state index in [-0.39, 0.29) is 0 Å². The second-order valence-electron chi connectivity index (χ2n) is 5.28. The molecular formula is C14H31N3S. The maximum absolute atomic E-state index is 4.62. The van der Waals surface area contributed by atoms with Gasteiger partial charge in [-0.05, 0) is 38.9 Å². The fraction of sp³-hybridized carbons (Fsp3) is 0.929. The summed E-state index contributed by atoms with van der Waals surface area (Å²) in [7, 11) is 0. The average molecular weight is 273 g/mol. The van der Waals surface area contributed by atoms with E-state index in [1.54, 1.807) is 0 Å². The first-order valence-electron chi connectivity index (χ1n) is 7.07. The summed E-state index contributed by atoms with van der Waals surface area (Å²) in [5.74, 6) is 1.72. The van der Waals surface area contributed by atoms with Gasteiger partial charge in [0, 0.05) is 17.8 Å². The number of thioether (sulfide) groups is 1. The third-order valence-corrected chi connectivity index (χ3v) is 3.77. The Kier molecular flexibility index (Phi) is 10.3. The van der Waals surface area contributed by atoms with E-state index in [0.717, 1.165) is 25.0 Å². The third kappa shape index (κ3) is 9.63. The summed E-state index contributed by atoms with van der Waals surface area (Å²) in [4.78, 5) is 4.62. The molecule has 18 heavy (non-hydrogen) atoms. The van der Waals surface area contributed by atoms with Crippen LogP contribution < -0.4 is 10.6 Å². The molecule has 0 saturated heterocycles. The molecule has 0 aromatic carbocycles. The number of aliphatic imine (C=N–C) groups is 1. The Labute approximate surface area is 118 Å². The van der Waals surface area contributed by atoms with E-state index >= 15 is 0 Å². The molecule has 0 aliphatic carbocycles. The highest BCUT2D eigenvalue weighted by Crippen LogP contribution is 2.07. The Morgan fingerprint density at radius 3 is 2.33 bits per heavy atom. The second kappa shape index (κ2) is 10.5. The molecule has 3 nitrogen and oxygen atoms in total. The summed E-state index contributed by atoms with van der Waals surface area (Å²) in [6.45, 7) is 12.9. The molecule has 0 bridgehead atoms. The fourth-order valence-corrected chi connectivity index (χ4v) is 1.73. The number of rotatable bonds is 8. The molecule has 0 spiro atoms. The Bertz CT molecular complexity index is 229. The van der Waals surface area contributed by atoms with E-state index in [9.17, 15) is 0 Å². The summed E-state index contributed by atoms with van der Waals surface area (Å²) >= 11 is 1.86. The number of nitrogens with one attached hydrogen (secondary N) is 2. The lowest BCUT2D eigenvalue weighted by atomic mass is 10.0. The highest BCUT2D eigenvalue weighted by molar-refractivity contribution is 7.99. The molecular weight excluding hydrogens is 242 g/mol. The number of nitrogens with zero attached hydrogens (tertiary/aromatic N) is 1. The first-order chi connectivity index (χ1) is 8.49. The van der Waals surface area contributed by atoms with Crippen LogP contribution in [0, 0.1) is 5.92 Å². The Morgan fingerprint density at radius 1 is 1.17 bits per heavy atom. The van der Waals surface area contributed by atoms with E-state index in [4.69, 9.17) is 0 Å². The largest absolute Gasteiger partial charge is 0.357 e. The van der Waals surface area contributed by atoms with Crippen LogP contribution in [0.4, 0.5) is 0 Å². The zero-order valence-electron chi connectivity index (χ0n) is 12.9. The molecule has 0 amide bonds. The molecule has 0 heterocycles. The van der Waals surface area contributed by atoms with E-state index in [0.29, 0.717) is 11.3 Å². The van der Waals surface area contributed by atoms with Gasteiger partial charge in [0.05, 0.1) is 6.54 Å². The number of hydrogen-bond acceptors (Lipinski definition) is 2. The smallest absolute Gasteiger partial charge is 0.191 e. The second-order valence-corrected chi connectivity index (χ2v) is 6.56. The van der Waals surface area contributed by atoms with Gasteiger partial charge in [0.15, 0.2) is 5.96 Å². The van der Waals surface area contributed by atoms with Crippen LogP contribution in [-0.2, 0) is 0 Å². The van der Waals surface area contributed by atoms with Crippen molar-refractivity contribution in [2.75, 3.05) is 19.3 Å². The van der Waals surface area contributed by atoms with Gasteiger partial charge in [0.25, 0.3) is 0 Å². The van der Waals surface area contributed by atoms with Crippen molar-refractivity contribution in [1.29, 1.82) is 0 Å². The van der Waals surface area contributed by atoms with Gasteiger partial charge in [-0.25, -0.2) is 0 Å². The molecule has 0 rings (SSSR count). The zero-order chi connectivity index (χ0) is 14.0. The maximum atomic E-state index is 4.62. The van der Waals surface area contributed by atoms with Crippen molar-refractivity contribution in [3.05, 3.63) is 0 Å². The van der Waals surface area contributed by atoms with Crippen molar-refractivity contribution < 1.29 is 0 Å². The van der Waals surface area contributed by atoms with Crippen LogP contribution in [0.1, 0.15) is 47.5 Å². The minimum absolute atomic E-state index is 0.481. The van der Waals surface area contributed by atoms with Gasteiger partial charge in [0.1, 0.15) is 0 Å². The molecule has 0 fully saturated rings. The molecule has 2 N–H and O–H groups in total. The lowest BCUT2D eigenvalue weighted by molar-refractivity contribution is 0.489. The van der Waals surface area contributed by atoms with Crippen LogP contribution in [0.3, 0.4) is 0 Å². The Balaban J connectivity index is 4.16. The van der Waals surface area contributed by atoms with Gasteiger partial charge in [-0.15, -0.1) is 0 Å². The predicted molar refractivity (Wildman–Crippen MR) is 85.6 cm³/mol. The minimum atomic E-state index is 0.481. The number of hydrogen-bond donors (Lipinski definition) is 2. The Morgan fingerprint density at radius 2 is 1.83 bits per heavy atom. The molecule has 0 aromatic heterocycles. The third-order valence-electron chi connectivity index (χ3n) is 2.81. The topological polar surface area (TPSA) is 36.4 Å². The van der Waals surface area contributed by atoms with Crippen LogP contribution in [0.15, 0.2) is 4.99 Å². The fourth-order valence-electron chi connectivity index (χ4n) is 1.50. The maximum Gasteiger partial charge on any atom is 0.191 e. The average Bonchev–Trinajstić information content (AvgIpc) is 2.33. The van der Waals surface area contributed by atoms with E-state index in [2.05, 4.69) is 56.5 Å². The monoisotopic (exact) mass is 273 g/mol. The van der Waals surface area contributed by atoms with Crippen LogP contribution in [0.25, 0.3) is 0 Å². The first kappa shape index (κ1) is 17.6. The molecule has 0 radical (unpaired) electrons. The van der Waals surface area contributed by atoms with Crippen molar-refractivity contribution in [2.24, 2.45) is 10.9 Å². The normalized spacial score (nSPS) is 15.6. The highest BCUT2D eigenvalue weighted by Gasteiger charge is 2.06. The van der Waals surface area contributed by atoms with Crippen LogP contribution in [0.2, 0.25) is 0 Å². The summed E-state index contributed by atoms with van der Waals surface area (Å²) in [5.41, 5.74) is 0. The molecule has 2 atom stereocenters. The standard InChI is InChI=1S/C14H31N3S/c1-7-15-14(16-10-13(5)18-6)17-12(4)9-8-11(2)3/h11-13H,7-10H2,1-6H3,(H2,15,16,17). The number of guanidine groups is 1. The van der Waals surface area contributed by atoms with Crippen molar-refractivity contribution in [1.82, 2.24) is 10.6 Å². The van der Waals surface area contributed by atoms with Crippen molar-refractivity contribution in [3.63, 3.8) is 0 Å². The first-order valence-corrected chi connectivity index (χ1v) is 8.36. The lowest BCUT2D eigenvalue weighted by Gasteiger charge is -2.19. The molecule has 0 aliphatic heterocycles. The van der Waals surface area contributed by atoms with Crippen LogP contribution in [0.5, 0.6) is 0 Å². The Hall–Kier alpha value is -0.380. The summed E-state index contributed by atoms with van der Waals surface area (Å²) < 4.78 is 0.